The number of piperazine rings is 1. The van der Waals surface area contributed by atoms with Gasteiger partial charge in [-0.25, -0.2) is 9.78 Å². The largest absolute Gasteiger partial charge is 0.379 e. The van der Waals surface area contributed by atoms with Crippen molar-refractivity contribution in [3.8, 4) is 0 Å². The SMILES string of the molecule is O=C(NC1CCOC1)N1CCN(c2nccs2)CC1. The first kappa shape index (κ1) is 12.7. The third-order valence-corrected chi connectivity index (χ3v) is 4.35. The number of hydrogen-bond donors (Lipinski definition) is 1. The van der Waals surface area contributed by atoms with E-state index in [1.165, 1.54) is 0 Å². The Kier molecular flexibility index (Phi) is 3.84. The van der Waals surface area contributed by atoms with Gasteiger partial charge in [0.25, 0.3) is 0 Å². The van der Waals surface area contributed by atoms with Crippen molar-refractivity contribution in [2.24, 2.45) is 0 Å². The Bertz CT molecular complexity index is 411. The van der Waals surface area contributed by atoms with Gasteiger partial charge in [0.05, 0.1) is 12.6 Å². The molecule has 2 aliphatic heterocycles. The molecule has 1 N–H and O–H groups in total. The number of thiazole rings is 1. The summed E-state index contributed by atoms with van der Waals surface area (Å²) in [6, 6.07) is 0.221. The molecule has 2 aliphatic rings. The van der Waals surface area contributed by atoms with Crippen molar-refractivity contribution >= 4 is 22.5 Å². The lowest BCUT2D eigenvalue weighted by atomic mass is 10.2. The van der Waals surface area contributed by atoms with Crippen molar-refractivity contribution in [2.75, 3.05) is 44.3 Å². The summed E-state index contributed by atoms with van der Waals surface area (Å²) in [6.45, 7) is 4.59. The number of aromatic nitrogens is 1. The molecule has 0 radical (unpaired) electrons. The number of carbonyl (C=O) groups excluding carboxylic acids is 1. The molecule has 6 nitrogen and oxygen atoms in total. The lowest BCUT2D eigenvalue weighted by Crippen LogP contribution is -2.53. The maximum Gasteiger partial charge on any atom is 0.317 e. The van der Waals surface area contributed by atoms with E-state index >= 15 is 0 Å². The Morgan fingerprint density at radius 1 is 1.42 bits per heavy atom. The molecule has 1 atom stereocenters. The van der Waals surface area contributed by atoms with E-state index < -0.39 is 0 Å². The predicted octanol–water partition coefficient (Wildman–Crippen LogP) is 0.764. The quantitative estimate of drug-likeness (QED) is 0.870. The van der Waals surface area contributed by atoms with E-state index in [2.05, 4.69) is 15.2 Å². The van der Waals surface area contributed by atoms with Crippen molar-refractivity contribution in [3.05, 3.63) is 11.6 Å². The van der Waals surface area contributed by atoms with Gasteiger partial charge < -0.3 is 19.9 Å². The summed E-state index contributed by atoms with van der Waals surface area (Å²) in [5.74, 6) is 0. The highest BCUT2D eigenvalue weighted by Gasteiger charge is 2.25. The third kappa shape index (κ3) is 2.98. The minimum absolute atomic E-state index is 0.0364. The van der Waals surface area contributed by atoms with E-state index in [1.807, 2.05) is 16.5 Å². The highest BCUT2D eigenvalue weighted by Crippen LogP contribution is 2.18. The summed E-state index contributed by atoms with van der Waals surface area (Å²) >= 11 is 1.64. The maximum atomic E-state index is 12.1. The molecule has 2 saturated heterocycles. The lowest BCUT2D eigenvalue weighted by Gasteiger charge is -2.35. The van der Waals surface area contributed by atoms with Gasteiger partial charge in [-0.15, -0.1) is 11.3 Å². The molecule has 0 saturated carbocycles. The molecule has 1 aromatic rings. The number of hydrogen-bond acceptors (Lipinski definition) is 5. The van der Waals surface area contributed by atoms with Crippen LogP contribution in [0.25, 0.3) is 0 Å². The van der Waals surface area contributed by atoms with Gasteiger partial charge in [0, 0.05) is 44.4 Å². The van der Waals surface area contributed by atoms with Crippen LogP contribution in [0, 0.1) is 0 Å². The molecule has 7 heteroatoms. The summed E-state index contributed by atoms with van der Waals surface area (Å²) in [5.41, 5.74) is 0. The van der Waals surface area contributed by atoms with E-state index in [0.717, 1.165) is 44.3 Å². The molecule has 1 unspecified atom stereocenters. The number of nitrogens with one attached hydrogen (secondary N) is 1. The van der Waals surface area contributed by atoms with Crippen LogP contribution in [0.15, 0.2) is 11.6 Å². The fourth-order valence-corrected chi connectivity index (χ4v) is 3.08. The van der Waals surface area contributed by atoms with Gasteiger partial charge in [-0.05, 0) is 6.42 Å². The Hall–Kier alpha value is -1.34. The van der Waals surface area contributed by atoms with Gasteiger partial charge in [0.15, 0.2) is 5.13 Å². The molecule has 2 fully saturated rings. The first-order valence-electron chi connectivity index (χ1n) is 6.60. The van der Waals surface area contributed by atoms with Crippen molar-refractivity contribution in [2.45, 2.75) is 12.5 Å². The van der Waals surface area contributed by atoms with Gasteiger partial charge in [-0.1, -0.05) is 0 Å². The lowest BCUT2D eigenvalue weighted by molar-refractivity contribution is 0.176. The average molecular weight is 282 g/mol. The Balaban J connectivity index is 1.48. The molecule has 104 valence electrons. The van der Waals surface area contributed by atoms with Gasteiger partial charge >= 0.3 is 6.03 Å². The molecule has 0 aromatic carbocycles. The van der Waals surface area contributed by atoms with Crippen molar-refractivity contribution in [3.63, 3.8) is 0 Å². The zero-order valence-electron chi connectivity index (χ0n) is 10.7. The zero-order chi connectivity index (χ0) is 13.1. The molecule has 3 rings (SSSR count). The minimum atomic E-state index is 0.0364. The number of urea groups is 1. The molecular weight excluding hydrogens is 264 g/mol. The van der Waals surface area contributed by atoms with Crippen LogP contribution >= 0.6 is 11.3 Å². The standard InChI is InChI=1S/C12H18N4O2S/c17-11(14-10-1-7-18-9-10)15-3-5-16(6-4-15)12-13-2-8-19-12/h2,8,10H,1,3-7,9H2,(H,14,17). The highest BCUT2D eigenvalue weighted by atomic mass is 32.1. The van der Waals surface area contributed by atoms with E-state index in [9.17, 15) is 4.79 Å². The minimum Gasteiger partial charge on any atom is -0.379 e. The summed E-state index contributed by atoms with van der Waals surface area (Å²) in [6.07, 6.45) is 2.74. The highest BCUT2D eigenvalue weighted by molar-refractivity contribution is 7.13. The fraction of sp³-hybridized carbons (Fsp3) is 0.667. The van der Waals surface area contributed by atoms with Crippen LogP contribution in [0.1, 0.15) is 6.42 Å². The number of ether oxygens (including phenoxy) is 1. The molecule has 3 heterocycles. The topological polar surface area (TPSA) is 57.7 Å². The van der Waals surface area contributed by atoms with E-state index in [0.29, 0.717) is 6.61 Å². The molecule has 0 spiro atoms. The Morgan fingerprint density at radius 2 is 2.26 bits per heavy atom. The second kappa shape index (κ2) is 5.75. The normalized spacial score (nSPS) is 23.7. The van der Waals surface area contributed by atoms with Crippen LogP contribution in [0.3, 0.4) is 0 Å². The van der Waals surface area contributed by atoms with E-state index in [-0.39, 0.29) is 12.1 Å². The van der Waals surface area contributed by atoms with E-state index in [1.54, 1.807) is 11.3 Å². The van der Waals surface area contributed by atoms with Crippen LogP contribution in [-0.2, 0) is 4.74 Å². The number of nitrogens with zero attached hydrogens (tertiary/aromatic N) is 3. The summed E-state index contributed by atoms with van der Waals surface area (Å²) in [4.78, 5) is 20.5. The summed E-state index contributed by atoms with van der Waals surface area (Å²) in [7, 11) is 0. The Morgan fingerprint density at radius 3 is 2.89 bits per heavy atom. The zero-order valence-corrected chi connectivity index (χ0v) is 11.6. The van der Waals surface area contributed by atoms with Gasteiger partial charge in [0.2, 0.25) is 0 Å². The predicted molar refractivity (Wildman–Crippen MR) is 73.7 cm³/mol. The van der Waals surface area contributed by atoms with E-state index in [4.69, 9.17) is 4.74 Å². The van der Waals surface area contributed by atoms with Crippen LogP contribution in [-0.4, -0.2) is 61.3 Å². The fourth-order valence-electron chi connectivity index (χ4n) is 2.39. The first-order valence-corrected chi connectivity index (χ1v) is 7.48. The summed E-state index contributed by atoms with van der Waals surface area (Å²) in [5, 5.41) is 6.05. The first-order chi connectivity index (χ1) is 9.33. The molecular formula is C12H18N4O2S. The maximum absolute atomic E-state index is 12.1. The molecule has 0 bridgehead atoms. The van der Waals surface area contributed by atoms with Crippen LogP contribution in [0.2, 0.25) is 0 Å². The van der Waals surface area contributed by atoms with Crippen molar-refractivity contribution in [1.29, 1.82) is 0 Å². The molecule has 1 aromatic heterocycles. The number of rotatable bonds is 2. The molecule has 19 heavy (non-hydrogen) atoms. The van der Waals surface area contributed by atoms with Gasteiger partial charge in [-0.2, -0.15) is 0 Å². The van der Waals surface area contributed by atoms with Gasteiger partial charge in [0.1, 0.15) is 0 Å². The van der Waals surface area contributed by atoms with Gasteiger partial charge in [-0.3, -0.25) is 0 Å². The smallest absolute Gasteiger partial charge is 0.317 e. The van der Waals surface area contributed by atoms with Crippen LogP contribution in [0.4, 0.5) is 9.93 Å². The van der Waals surface area contributed by atoms with Crippen LogP contribution in [0.5, 0.6) is 0 Å². The third-order valence-electron chi connectivity index (χ3n) is 3.51. The summed E-state index contributed by atoms with van der Waals surface area (Å²) < 4.78 is 5.26. The van der Waals surface area contributed by atoms with Crippen molar-refractivity contribution < 1.29 is 9.53 Å². The molecule has 2 amide bonds. The van der Waals surface area contributed by atoms with Crippen LogP contribution < -0.4 is 10.2 Å². The Labute approximate surface area is 116 Å². The number of carbonyl (C=O) groups is 1. The van der Waals surface area contributed by atoms with Crippen molar-refractivity contribution in [1.82, 2.24) is 15.2 Å². The monoisotopic (exact) mass is 282 g/mol. The second-order valence-corrected chi connectivity index (χ2v) is 5.67. The molecule has 0 aliphatic carbocycles. The number of amides is 2. The number of anilines is 1. The second-order valence-electron chi connectivity index (χ2n) is 4.80. The average Bonchev–Trinajstić information content (AvgIpc) is 3.12.